The molecule has 0 aliphatic heterocycles. The van der Waals surface area contributed by atoms with Crippen molar-refractivity contribution in [3.8, 4) is 0 Å². The van der Waals surface area contributed by atoms with Crippen molar-refractivity contribution in [1.82, 2.24) is 0 Å². The van der Waals surface area contributed by atoms with Crippen molar-refractivity contribution < 1.29 is 26.7 Å². The second kappa shape index (κ2) is 6.41. The van der Waals surface area contributed by atoms with Crippen LogP contribution in [0.2, 0.25) is 0 Å². The molecule has 0 saturated heterocycles. The third-order valence-corrected chi connectivity index (χ3v) is 1.02. The van der Waals surface area contributed by atoms with Gasteiger partial charge in [0.25, 0.3) is 0 Å². The molecule has 1 radical (unpaired) electrons. The third-order valence-electron chi connectivity index (χ3n) is 0.757. The van der Waals surface area contributed by atoms with Gasteiger partial charge in [0.1, 0.15) is 6.04 Å². The molecule has 0 heterocycles. The summed E-state index contributed by atoms with van der Waals surface area (Å²) in [7, 11) is 0. The van der Waals surface area contributed by atoms with Crippen LogP contribution in [-0.4, -0.2) is 22.9 Å². The molecule has 0 unspecified atom stereocenters. The van der Waals surface area contributed by atoms with Crippen LogP contribution in [0.4, 0.5) is 0 Å². The van der Waals surface area contributed by atoms with Crippen LogP contribution in [0.3, 0.4) is 0 Å². The summed E-state index contributed by atoms with van der Waals surface area (Å²) in [5, 5.41) is 8.15. The molecule has 57 valence electrons. The molecule has 0 fully saturated rings. The van der Waals surface area contributed by atoms with Crippen molar-refractivity contribution in [2.75, 3.05) is 5.75 Å². The molecule has 0 rings (SSSR count). The summed E-state index contributed by atoms with van der Waals surface area (Å²) in [6.07, 6.45) is 0.429. The Bertz CT molecular complexity index is 90.6. The third kappa shape index (κ3) is 6.17. The van der Waals surface area contributed by atoms with Gasteiger partial charge in [-0.15, -0.1) is 0 Å². The average molecular weight is 194 g/mol. The van der Waals surface area contributed by atoms with Crippen LogP contribution in [0.25, 0.3) is 0 Å². The van der Waals surface area contributed by atoms with Gasteiger partial charge in [0.05, 0.1) is 0 Å². The number of nitrogens with two attached hydrogens (primary N) is 1. The van der Waals surface area contributed by atoms with Gasteiger partial charge in [-0.3, -0.25) is 4.79 Å². The van der Waals surface area contributed by atoms with Gasteiger partial charge in [-0.2, -0.15) is 12.6 Å². The number of carboxylic acids is 1. The topological polar surface area (TPSA) is 63.3 Å². The van der Waals surface area contributed by atoms with Crippen LogP contribution >= 0.6 is 12.6 Å². The summed E-state index contributed by atoms with van der Waals surface area (Å²) in [6.45, 7) is 0. The summed E-state index contributed by atoms with van der Waals surface area (Å²) >= 11 is 3.81. The monoisotopic (exact) mass is 194 g/mol. The SMILES string of the molecule is N[C@H](CCS)C(=O)O.[Co]. The summed E-state index contributed by atoms with van der Waals surface area (Å²) < 4.78 is 0. The minimum atomic E-state index is -0.959. The molecule has 0 spiro atoms. The van der Waals surface area contributed by atoms with Crippen molar-refractivity contribution in [3.05, 3.63) is 0 Å². The van der Waals surface area contributed by atoms with Gasteiger partial charge >= 0.3 is 5.97 Å². The van der Waals surface area contributed by atoms with Gasteiger partial charge < -0.3 is 10.8 Å². The van der Waals surface area contributed by atoms with Crippen LogP contribution in [0.15, 0.2) is 0 Å². The molecule has 3 N–H and O–H groups in total. The number of hydrogen-bond donors (Lipinski definition) is 3. The molecule has 5 heteroatoms. The van der Waals surface area contributed by atoms with Gasteiger partial charge in [-0.1, -0.05) is 0 Å². The van der Waals surface area contributed by atoms with Crippen molar-refractivity contribution in [2.45, 2.75) is 12.5 Å². The summed E-state index contributed by atoms with van der Waals surface area (Å²) in [5.74, 6) is -0.438. The molecule has 3 nitrogen and oxygen atoms in total. The van der Waals surface area contributed by atoms with Crippen LogP contribution in [0.1, 0.15) is 6.42 Å². The van der Waals surface area contributed by atoms with Crippen LogP contribution in [0.5, 0.6) is 0 Å². The molecule has 0 aromatic heterocycles. The second-order valence-corrected chi connectivity index (χ2v) is 1.90. The fourth-order valence-corrected chi connectivity index (χ4v) is 0.541. The van der Waals surface area contributed by atoms with Crippen molar-refractivity contribution in [3.63, 3.8) is 0 Å². The van der Waals surface area contributed by atoms with Gasteiger partial charge in [0.15, 0.2) is 0 Å². The van der Waals surface area contributed by atoms with Crippen LogP contribution in [-0.2, 0) is 21.6 Å². The fraction of sp³-hybridized carbons (Fsp3) is 0.750. The zero-order valence-corrected chi connectivity index (χ0v) is 6.64. The van der Waals surface area contributed by atoms with Crippen molar-refractivity contribution in [2.24, 2.45) is 5.73 Å². The maximum atomic E-state index is 9.93. The minimum Gasteiger partial charge on any atom is -0.480 e. The molecule has 0 aliphatic rings. The van der Waals surface area contributed by atoms with Crippen molar-refractivity contribution in [1.29, 1.82) is 0 Å². The van der Waals surface area contributed by atoms with E-state index in [4.69, 9.17) is 10.8 Å². The largest absolute Gasteiger partial charge is 0.480 e. The predicted molar refractivity (Wildman–Crippen MR) is 34.1 cm³/mol. The zero-order chi connectivity index (χ0) is 6.57. The number of thiol groups is 1. The minimum absolute atomic E-state index is 0. The molecule has 9 heavy (non-hydrogen) atoms. The van der Waals surface area contributed by atoms with Gasteiger partial charge in [-0.05, 0) is 12.2 Å². The molecule has 1 atom stereocenters. The molecule has 0 saturated carbocycles. The molecular weight excluding hydrogens is 185 g/mol. The predicted octanol–water partition coefficient (Wildman–Crippen LogP) is -0.284. The van der Waals surface area contributed by atoms with E-state index in [1.807, 2.05) is 0 Å². The quantitative estimate of drug-likeness (QED) is 0.541. The van der Waals surface area contributed by atoms with Crippen LogP contribution < -0.4 is 5.73 Å². The van der Waals surface area contributed by atoms with E-state index in [2.05, 4.69) is 12.6 Å². The van der Waals surface area contributed by atoms with Crippen LogP contribution in [0, 0.1) is 0 Å². The Morgan fingerprint density at radius 2 is 2.22 bits per heavy atom. The van der Waals surface area contributed by atoms with E-state index < -0.39 is 12.0 Å². The molecule has 0 aliphatic carbocycles. The summed E-state index contributed by atoms with van der Waals surface area (Å²) in [6, 6.07) is -0.743. The van der Waals surface area contributed by atoms with Crippen molar-refractivity contribution >= 4 is 18.6 Å². The first-order valence-corrected chi connectivity index (χ1v) is 2.91. The Morgan fingerprint density at radius 1 is 1.78 bits per heavy atom. The van der Waals surface area contributed by atoms with E-state index in [9.17, 15) is 4.79 Å². The Balaban J connectivity index is 0. The number of aliphatic carboxylic acids is 1. The van der Waals surface area contributed by atoms with Gasteiger partial charge in [0.2, 0.25) is 0 Å². The summed E-state index contributed by atoms with van der Waals surface area (Å²) in [5.41, 5.74) is 5.08. The first-order valence-electron chi connectivity index (χ1n) is 2.27. The maximum absolute atomic E-state index is 9.93. The van der Waals surface area contributed by atoms with Gasteiger partial charge in [-0.25, -0.2) is 0 Å². The fourth-order valence-electron chi connectivity index (χ4n) is 0.263. The maximum Gasteiger partial charge on any atom is 0.320 e. The Morgan fingerprint density at radius 3 is 2.33 bits per heavy atom. The number of rotatable bonds is 3. The summed E-state index contributed by atoms with van der Waals surface area (Å²) in [4.78, 5) is 9.93. The number of carbonyl (C=O) groups is 1. The zero-order valence-electron chi connectivity index (χ0n) is 4.70. The number of carboxylic acid groups (broad SMARTS) is 1. The van der Waals surface area contributed by atoms with E-state index in [1.54, 1.807) is 0 Å². The molecular formula is C4H9CoNO2S. The molecule has 0 aromatic carbocycles. The van der Waals surface area contributed by atoms with Gasteiger partial charge in [0, 0.05) is 16.8 Å². The normalized spacial score (nSPS) is 11.8. The molecule has 0 bridgehead atoms. The van der Waals surface area contributed by atoms with E-state index in [0.29, 0.717) is 12.2 Å². The second-order valence-electron chi connectivity index (χ2n) is 1.46. The number of hydrogen-bond acceptors (Lipinski definition) is 3. The standard InChI is InChI=1S/C4H9NO2S.Co/c5-3(1-2-8)4(6)7;/h3,8H,1-2,5H2,(H,6,7);/t3-;/m1./s1. The first kappa shape index (κ1) is 12.0. The Kier molecular flexibility index (Phi) is 8.55. The molecule has 0 amide bonds. The van der Waals surface area contributed by atoms with E-state index >= 15 is 0 Å². The van der Waals surface area contributed by atoms with E-state index in [1.165, 1.54) is 0 Å². The van der Waals surface area contributed by atoms with E-state index in [0.717, 1.165) is 0 Å². The van der Waals surface area contributed by atoms with E-state index in [-0.39, 0.29) is 16.8 Å². The first-order chi connectivity index (χ1) is 3.68. The average Bonchev–Trinajstić information content (AvgIpc) is 1.67. The smallest absolute Gasteiger partial charge is 0.320 e. The molecule has 0 aromatic rings. The Labute approximate surface area is 69.6 Å². The Hall–Kier alpha value is 0.286.